The van der Waals surface area contributed by atoms with Gasteiger partial charge in [0.05, 0.1) is 13.2 Å². The van der Waals surface area contributed by atoms with Gasteiger partial charge < -0.3 is 19.7 Å². The lowest BCUT2D eigenvalue weighted by Gasteiger charge is -2.33. The molecule has 1 aromatic rings. The van der Waals surface area contributed by atoms with Crippen LogP contribution < -0.4 is 5.32 Å². The third kappa shape index (κ3) is 6.51. The normalized spacial score (nSPS) is 17.7. The Kier molecular flexibility index (Phi) is 6.78. The monoisotopic (exact) mass is 378 g/mol. The van der Waals surface area contributed by atoms with Gasteiger partial charge in [-0.2, -0.15) is 13.2 Å². The number of alkyl halides is 3. The molecule has 0 saturated carbocycles. The van der Waals surface area contributed by atoms with Crippen molar-refractivity contribution in [2.45, 2.75) is 18.7 Å². The fraction of sp³-hybridized carbons (Fsp3) is 0.500. The van der Waals surface area contributed by atoms with E-state index < -0.39 is 25.0 Å². The molecule has 0 bridgehead atoms. The number of hydrogen-bond acceptors (Lipinski definition) is 4. The van der Waals surface area contributed by atoms with Crippen LogP contribution in [-0.4, -0.2) is 55.9 Å². The zero-order valence-electron chi connectivity index (χ0n) is 13.7. The summed E-state index contributed by atoms with van der Waals surface area (Å²) in [5.41, 5.74) is 0.734. The molecule has 6 nitrogen and oxygen atoms in total. The summed E-state index contributed by atoms with van der Waals surface area (Å²) in [6, 6.07) is 5.75. The number of benzene rings is 1. The molecule has 1 aromatic carbocycles. The Morgan fingerprint density at radius 2 is 1.96 bits per heavy atom. The number of rotatable bonds is 5. The van der Waals surface area contributed by atoms with E-state index in [9.17, 15) is 27.2 Å². The Morgan fingerprint density at radius 3 is 2.62 bits per heavy atom. The molecule has 0 spiro atoms. The molecule has 0 unspecified atom stereocenters. The minimum absolute atomic E-state index is 0.0861. The summed E-state index contributed by atoms with van der Waals surface area (Å²) in [6.45, 7) is -0.906. The topological polar surface area (TPSA) is 67.9 Å². The van der Waals surface area contributed by atoms with Crippen LogP contribution in [0.25, 0.3) is 0 Å². The molecule has 1 aliphatic rings. The molecule has 0 aromatic heterocycles. The van der Waals surface area contributed by atoms with Crippen molar-refractivity contribution < 1.29 is 36.6 Å². The van der Waals surface area contributed by atoms with Crippen molar-refractivity contribution in [1.29, 1.82) is 0 Å². The van der Waals surface area contributed by atoms with Crippen molar-refractivity contribution in [1.82, 2.24) is 10.2 Å². The van der Waals surface area contributed by atoms with E-state index >= 15 is 0 Å². The molecule has 2 amide bonds. The first-order valence-electron chi connectivity index (χ1n) is 7.87. The molecule has 1 atom stereocenters. The summed E-state index contributed by atoms with van der Waals surface area (Å²) >= 11 is 0. The number of carbonyl (C=O) groups excluding carboxylic acids is 2. The lowest BCUT2D eigenvalue weighted by Crippen LogP contribution is -2.43. The molecule has 1 heterocycles. The number of nitrogens with zero attached hydrogens (tertiary/aromatic N) is 1. The van der Waals surface area contributed by atoms with Crippen LogP contribution in [0.1, 0.15) is 18.1 Å². The van der Waals surface area contributed by atoms with Gasteiger partial charge in [-0.1, -0.05) is 12.1 Å². The van der Waals surface area contributed by atoms with E-state index in [0.717, 1.165) is 5.56 Å². The van der Waals surface area contributed by atoms with Gasteiger partial charge in [0.25, 0.3) is 0 Å². The van der Waals surface area contributed by atoms with Gasteiger partial charge in [-0.25, -0.2) is 9.18 Å². The van der Waals surface area contributed by atoms with Gasteiger partial charge in [-0.15, -0.1) is 0 Å². The quantitative estimate of drug-likeness (QED) is 0.799. The molecule has 1 fully saturated rings. The number of alkyl carbamates (subject to hydrolysis) is 1. The molecule has 144 valence electrons. The van der Waals surface area contributed by atoms with Crippen molar-refractivity contribution in [3.8, 4) is 0 Å². The van der Waals surface area contributed by atoms with Gasteiger partial charge in [0, 0.05) is 19.5 Å². The van der Waals surface area contributed by atoms with Gasteiger partial charge in [-0.3, -0.25) is 4.79 Å². The molecule has 1 N–H and O–H groups in total. The van der Waals surface area contributed by atoms with Crippen LogP contribution in [-0.2, 0) is 14.3 Å². The second-order valence-electron chi connectivity index (χ2n) is 5.62. The maximum atomic E-state index is 13.0. The number of halogens is 4. The van der Waals surface area contributed by atoms with E-state index in [1.165, 1.54) is 17.0 Å². The first kappa shape index (κ1) is 20.0. The highest BCUT2D eigenvalue weighted by Crippen LogP contribution is 2.22. The Morgan fingerprint density at radius 1 is 1.27 bits per heavy atom. The molecular formula is C16H18F4N2O4. The first-order chi connectivity index (χ1) is 12.2. The molecule has 26 heavy (non-hydrogen) atoms. The SMILES string of the molecule is O=C(NCCC(=O)N1CCO[C@H](c2ccc(F)cc2)C1)OCC(F)(F)F. The zero-order chi connectivity index (χ0) is 19.2. The molecule has 1 saturated heterocycles. The summed E-state index contributed by atoms with van der Waals surface area (Å²) in [6.07, 6.45) is -6.31. The third-order valence-corrected chi connectivity index (χ3v) is 3.64. The van der Waals surface area contributed by atoms with Crippen LogP contribution in [0.5, 0.6) is 0 Å². The van der Waals surface area contributed by atoms with Crippen molar-refractivity contribution in [3.05, 3.63) is 35.6 Å². The first-order valence-corrected chi connectivity index (χ1v) is 7.87. The minimum Gasteiger partial charge on any atom is -0.440 e. The van der Waals surface area contributed by atoms with Crippen LogP contribution >= 0.6 is 0 Å². The Bertz CT molecular complexity index is 622. The highest BCUT2D eigenvalue weighted by molar-refractivity contribution is 5.77. The molecule has 2 rings (SSSR count). The Balaban J connectivity index is 1.75. The van der Waals surface area contributed by atoms with Crippen LogP contribution in [0, 0.1) is 5.82 Å². The van der Waals surface area contributed by atoms with Gasteiger partial charge in [0.2, 0.25) is 5.91 Å². The smallest absolute Gasteiger partial charge is 0.422 e. The summed E-state index contributed by atoms with van der Waals surface area (Å²) in [5.74, 6) is -0.655. The summed E-state index contributed by atoms with van der Waals surface area (Å²) in [7, 11) is 0. The predicted octanol–water partition coefficient (Wildman–Crippen LogP) is 2.40. The second-order valence-corrected chi connectivity index (χ2v) is 5.62. The van der Waals surface area contributed by atoms with Crippen LogP contribution in [0.15, 0.2) is 24.3 Å². The van der Waals surface area contributed by atoms with Gasteiger partial charge >= 0.3 is 12.3 Å². The Labute approximate surface area is 147 Å². The van der Waals surface area contributed by atoms with Crippen LogP contribution in [0.4, 0.5) is 22.4 Å². The predicted molar refractivity (Wildman–Crippen MR) is 81.7 cm³/mol. The number of morpholine rings is 1. The number of carbonyl (C=O) groups is 2. The van der Waals surface area contributed by atoms with E-state index in [0.29, 0.717) is 13.2 Å². The maximum absolute atomic E-state index is 13.0. The van der Waals surface area contributed by atoms with Crippen molar-refractivity contribution in [2.24, 2.45) is 0 Å². The van der Waals surface area contributed by atoms with Gasteiger partial charge in [-0.05, 0) is 17.7 Å². The standard InChI is InChI=1S/C16H18F4N2O4/c17-12-3-1-11(2-4-12)13-9-22(7-8-25-13)14(23)5-6-21-15(24)26-10-16(18,19)20/h1-4,13H,5-10H2,(H,21,24)/t13-/m0/s1. The second kappa shape index (κ2) is 8.84. The Hall–Kier alpha value is -2.36. The van der Waals surface area contributed by atoms with E-state index in [-0.39, 0.29) is 31.2 Å². The average molecular weight is 378 g/mol. The summed E-state index contributed by atoms with van der Waals surface area (Å²) in [4.78, 5) is 24.8. The molecule has 1 aliphatic heterocycles. The zero-order valence-corrected chi connectivity index (χ0v) is 13.7. The van der Waals surface area contributed by atoms with Crippen LogP contribution in [0.2, 0.25) is 0 Å². The highest BCUT2D eigenvalue weighted by Gasteiger charge is 2.29. The molecule has 0 radical (unpaired) electrons. The largest absolute Gasteiger partial charge is 0.440 e. The third-order valence-electron chi connectivity index (χ3n) is 3.64. The van der Waals surface area contributed by atoms with Crippen LogP contribution in [0.3, 0.4) is 0 Å². The van der Waals surface area contributed by atoms with E-state index in [4.69, 9.17) is 4.74 Å². The van der Waals surface area contributed by atoms with Crippen molar-refractivity contribution in [3.63, 3.8) is 0 Å². The maximum Gasteiger partial charge on any atom is 0.422 e. The average Bonchev–Trinajstić information content (AvgIpc) is 2.60. The van der Waals surface area contributed by atoms with Gasteiger partial charge in [0.1, 0.15) is 11.9 Å². The summed E-state index contributed by atoms with van der Waals surface area (Å²) in [5, 5.41) is 2.09. The fourth-order valence-electron chi connectivity index (χ4n) is 2.38. The van der Waals surface area contributed by atoms with Crippen molar-refractivity contribution in [2.75, 3.05) is 32.8 Å². The lowest BCUT2D eigenvalue weighted by atomic mass is 10.1. The minimum atomic E-state index is -4.60. The van der Waals surface area contributed by atoms with E-state index in [2.05, 4.69) is 10.1 Å². The molecule has 0 aliphatic carbocycles. The van der Waals surface area contributed by atoms with Crippen molar-refractivity contribution >= 4 is 12.0 Å². The van der Waals surface area contributed by atoms with E-state index in [1.54, 1.807) is 12.1 Å². The lowest BCUT2D eigenvalue weighted by molar-refractivity contribution is -0.160. The number of hydrogen-bond donors (Lipinski definition) is 1. The number of nitrogens with one attached hydrogen (secondary N) is 1. The highest BCUT2D eigenvalue weighted by atomic mass is 19.4. The number of ether oxygens (including phenoxy) is 2. The summed E-state index contributed by atoms with van der Waals surface area (Å²) < 4.78 is 58.2. The molecular weight excluding hydrogens is 360 g/mol. The number of amides is 2. The molecule has 10 heteroatoms. The van der Waals surface area contributed by atoms with E-state index in [1.807, 2.05) is 0 Å². The van der Waals surface area contributed by atoms with Gasteiger partial charge in [0.15, 0.2) is 6.61 Å². The fourth-order valence-corrected chi connectivity index (χ4v) is 2.38.